The first-order valence-corrected chi connectivity index (χ1v) is 23.8. The Labute approximate surface area is 428 Å². The molecule has 28 heteroatoms. The largest absolute Gasteiger partial charge is 0.508 e. The smallest absolute Gasteiger partial charge is 0.326 e. The van der Waals surface area contributed by atoms with E-state index in [-0.39, 0.29) is 43.9 Å². The van der Waals surface area contributed by atoms with Gasteiger partial charge in [0.05, 0.1) is 25.0 Å². The van der Waals surface area contributed by atoms with Crippen molar-refractivity contribution >= 4 is 71.1 Å². The molecule has 11 atom stereocenters. The van der Waals surface area contributed by atoms with Gasteiger partial charge in [-0.05, 0) is 62.1 Å². The number of carbonyl (C=O) groups is 11. The highest BCUT2D eigenvalue weighted by atomic mass is 16.4. The maximum atomic E-state index is 14.3. The molecule has 0 aliphatic carbocycles. The molecule has 20 N–H and O–H groups in total. The molecule has 414 valence electrons. The molecule has 9 amide bonds. The molecule has 1 aromatic carbocycles. The topological polar surface area (TPSA) is 481 Å². The third kappa shape index (κ3) is 22.4. The number of rotatable bonds is 32. The van der Waals surface area contributed by atoms with Gasteiger partial charge in [0, 0.05) is 13.0 Å². The molecular formula is C46H75N13O15. The number of aliphatic hydroxyl groups excluding tert-OH is 1. The van der Waals surface area contributed by atoms with Crippen LogP contribution in [0, 0.1) is 17.8 Å². The summed E-state index contributed by atoms with van der Waals surface area (Å²) in [6.07, 6.45) is -3.36. The Morgan fingerprint density at radius 1 is 0.554 bits per heavy atom. The third-order valence-electron chi connectivity index (χ3n) is 11.4. The molecule has 0 aliphatic heterocycles. The van der Waals surface area contributed by atoms with Crippen LogP contribution in [0.1, 0.15) is 93.1 Å². The van der Waals surface area contributed by atoms with Gasteiger partial charge >= 0.3 is 11.9 Å². The summed E-state index contributed by atoms with van der Waals surface area (Å²) in [5.41, 5.74) is 22.0. The number of nitrogens with zero attached hydrogens (tertiary/aromatic N) is 1. The van der Waals surface area contributed by atoms with E-state index in [2.05, 4.69) is 47.5 Å². The summed E-state index contributed by atoms with van der Waals surface area (Å²) in [6.45, 7) is 11.9. The van der Waals surface area contributed by atoms with Gasteiger partial charge in [-0.15, -0.1) is 0 Å². The first kappa shape index (κ1) is 64.4. The fourth-order valence-electron chi connectivity index (χ4n) is 6.90. The molecule has 28 nitrogen and oxygen atoms in total. The Morgan fingerprint density at radius 2 is 0.973 bits per heavy atom. The highest BCUT2D eigenvalue weighted by Crippen LogP contribution is 2.15. The molecule has 0 aromatic heterocycles. The summed E-state index contributed by atoms with van der Waals surface area (Å²) < 4.78 is 0. The van der Waals surface area contributed by atoms with Crippen molar-refractivity contribution in [3.8, 4) is 5.75 Å². The average Bonchev–Trinajstić information content (AvgIpc) is 3.30. The maximum absolute atomic E-state index is 14.3. The van der Waals surface area contributed by atoms with Crippen molar-refractivity contribution in [3.05, 3.63) is 29.8 Å². The van der Waals surface area contributed by atoms with Crippen molar-refractivity contribution in [2.24, 2.45) is 45.7 Å². The number of carboxylic acids is 2. The highest BCUT2D eigenvalue weighted by molar-refractivity contribution is 5.99. The lowest BCUT2D eigenvalue weighted by atomic mass is 9.96. The zero-order valence-electron chi connectivity index (χ0n) is 42.8. The van der Waals surface area contributed by atoms with E-state index in [1.807, 2.05) is 0 Å². The number of aliphatic carboxylic acids is 2. The fraction of sp³-hybridized carbons (Fsp3) is 0.609. The molecule has 1 aromatic rings. The van der Waals surface area contributed by atoms with Crippen LogP contribution in [-0.2, 0) is 59.2 Å². The number of nitrogens with one attached hydrogen (secondary N) is 8. The van der Waals surface area contributed by atoms with Crippen molar-refractivity contribution < 1.29 is 73.2 Å². The number of nitrogens with two attached hydrogens (primary N) is 4. The van der Waals surface area contributed by atoms with Crippen molar-refractivity contribution in [2.45, 2.75) is 154 Å². The van der Waals surface area contributed by atoms with Crippen LogP contribution in [0.4, 0.5) is 0 Å². The van der Waals surface area contributed by atoms with Crippen LogP contribution in [0.15, 0.2) is 29.3 Å². The number of phenolic OH excluding ortho intramolecular Hbond substituents is 1. The number of aliphatic hydroxyl groups is 1. The molecule has 0 bridgehead atoms. The molecule has 0 fully saturated rings. The van der Waals surface area contributed by atoms with Gasteiger partial charge in [0.15, 0.2) is 5.96 Å². The van der Waals surface area contributed by atoms with E-state index in [1.54, 1.807) is 13.8 Å². The zero-order chi connectivity index (χ0) is 56.7. The van der Waals surface area contributed by atoms with E-state index in [0.717, 1.165) is 6.92 Å². The van der Waals surface area contributed by atoms with Gasteiger partial charge in [-0.3, -0.25) is 52.9 Å². The second-order valence-electron chi connectivity index (χ2n) is 18.5. The Morgan fingerprint density at radius 3 is 1.45 bits per heavy atom. The van der Waals surface area contributed by atoms with E-state index in [4.69, 9.17) is 22.9 Å². The predicted octanol–water partition coefficient (Wildman–Crippen LogP) is -4.61. The van der Waals surface area contributed by atoms with Gasteiger partial charge in [-0.25, -0.2) is 4.79 Å². The summed E-state index contributed by atoms with van der Waals surface area (Å²) in [6, 6.07) is -8.30. The lowest BCUT2D eigenvalue weighted by Crippen LogP contribution is -2.63. The Kier molecular flexibility index (Phi) is 27.0. The van der Waals surface area contributed by atoms with E-state index >= 15 is 0 Å². The molecule has 0 radical (unpaired) electrons. The van der Waals surface area contributed by atoms with Crippen LogP contribution >= 0.6 is 0 Å². The quantitative estimate of drug-likeness (QED) is 0.0183. The third-order valence-corrected chi connectivity index (χ3v) is 11.4. The van der Waals surface area contributed by atoms with Crippen LogP contribution in [0.3, 0.4) is 0 Å². The summed E-state index contributed by atoms with van der Waals surface area (Å²) in [4.78, 5) is 149. The number of carbonyl (C=O) groups excluding carboxylic acids is 9. The van der Waals surface area contributed by atoms with Gasteiger partial charge < -0.3 is 85.9 Å². The van der Waals surface area contributed by atoms with E-state index in [9.17, 15) is 73.2 Å². The van der Waals surface area contributed by atoms with Crippen LogP contribution in [0.2, 0.25) is 0 Å². The van der Waals surface area contributed by atoms with Gasteiger partial charge in [0.25, 0.3) is 0 Å². The molecule has 0 aliphatic rings. The summed E-state index contributed by atoms with van der Waals surface area (Å²) in [5, 5.41) is 58.8. The van der Waals surface area contributed by atoms with Gasteiger partial charge in [0.1, 0.15) is 54.1 Å². The van der Waals surface area contributed by atoms with Crippen molar-refractivity contribution in [1.29, 1.82) is 0 Å². The van der Waals surface area contributed by atoms with Crippen LogP contribution < -0.4 is 65.5 Å². The second kappa shape index (κ2) is 31.1. The minimum absolute atomic E-state index is 0.0482. The lowest BCUT2D eigenvalue weighted by Gasteiger charge is -2.30. The number of benzene rings is 1. The molecule has 1 rings (SSSR count). The zero-order valence-corrected chi connectivity index (χ0v) is 42.8. The normalized spacial score (nSPS) is 15.6. The monoisotopic (exact) mass is 1050 g/mol. The second-order valence-corrected chi connectivity index (χ2v) is 18.5. The first-order chi connectivity index (χ1) is 34.4. The number of guanidine groups is 1. The van der Waals surface area contributed by atoms with Gasteiger partial charge in [-0.1, -0.05) is 60.1 Å². The van der Waals surface area contributed by atoms with E-state index in [1.165, 1.54) is 58.9 Å². The summed E-state index contributed by atoms with van der Waals surface area (Å²) >= 11 is 0. The lowest BCUT2D eigenvalue weighted by molar-refractivity contribution is -0.143. The first-order valence-electron chi connectivity index (χ1n) is 23.8. The summed E-state index contributed by atoms with van der Waals surface area (Å²) in [7, 11) is 0. The van der Waals surface area contributed by atoms with Crippen molar-refractivity contribution in [2.75, 3.05) is 6.54 Å². The van der Waals surface area contributed by atoms with Crippen LogP contribution in [0.5, 0.6) is 5.75 Å². The maximum Gasteiger partial charge on any atom is 0.326 e. The molecular weight excluding hydrogens is 975 g/mol. The Bertz CT molecular complexity index is 2170. The number of hydrogen-bond donors (Lipinski definition) is 16. The molecule has 0 spiro atoms. The number of amides is 9. The number of phenols is 1. The Hall–Kier alpha value is -7.62. The Balaban J connectivity index is 3.54. The fourth-order valence-corrected chi connectivity index (χ4v) is 6.90. The number of aliphatic imine (C=N–C) groups is 1. The molecule has 0 unspecified atom stereocenters. The number of hydrogen-bond acceptors (Lipinski definition) is 15. The molecule has 0 heterocycles. The van der Waals surface area contributed by atoms with E-state index in [0.29, 0.717) is 5.56 Å². The molecule has 0 saturated heterocycles. The highest BCUT2D eigenvalue weighted by Gasteiger charge is 2.38. The number of carboxylic acid groups (broad SMARTS) is 2. The standard InChI is InChI=1S/C46H75N13O15/c1-9-22(6)35(43(71)59-36(24(8)60)44(72)52-27(45(73)74)11-10-16-51-46(49)50)58-39(67)28(17-25-12-14-26(61)15-13-25)54-38(66)29(18-31(48)62)55-41(69)33(20(2)3)57-42(70)34(21(4)5)56-40(68)30(19-32(63)64)53-37(65)23(7)47/h12-15,20-24,27-30,33-36,60-61H,9-11,16-19,47H2,1-8H3,(H2,48,62)(H,52,72)(H,53,65)(H,54,66)(H,55,69)(H,56,68)(H,57,70)(H,58,67)(H,59,71)(H,63,64)(H,73,74)(H4,49,50,51)/t22-,23+,24+,27-,28-,29-,30-,33-,34-,35-,36-/m0/s1. The number of aromatic hydroxyl groups is 1. The van der Waals surface area contributed by atoms with Crippen LogP contribution in [-0.4, -0.2) is 159 Å². The van der Waals surface area contributed by atoms with Gasteiger partial charge in [0.2, 0.25) is 53.2 Å². The van der Waals surface area contributed by atoms with Crippen LogP contribution in [0.25, 0.3) is 0 Å². The average molecular weight is 1050 g/mol. The number of primary amides is 1. The summed E-state index contributed by atoms with van der Waals surface area (Å²) in [5.74, 6) is -14.5. The van der Waals surface area contributed by atoms with E-state index < -0.39 is 156 Å². The van der Waals surface area contributed by atoms with Crippen molar-refractivity contribution in [1.82, 2.24) is 42.5 Å². The predicted molar refractivity (Wildman–Crippen MR) is 265 cm³/mol. The SMILES string of the molecule is CC[C@H](C)[C@H](NC(=O)[C@H](Cc1ccc(O)cc1)NC(=O)[C@H](CC(N)=O)NC(=O)[C@@H](NC(=O)[C@@H](NC(=O)[C@H](CC(=O)O)NC(=O)[C@@H](C)N)C(C)C)C(C)C)C(=O)N[C@H](C(=O)N[C@@H](CCCN=C(N)N)C(=O)O)[C@@H](C)O. The van der Waals surface area contributed by atoms with Crippen molar-refractivity contribution in [3.63, 3.8) is 0 Å². The molecule has 0 saturated carbocycles. The minimum Gasteiger partial charge on any atom is -0.508 e. The minimum atomic E-state index is -1.81. The van der Waals surface area contributed by atoms with Gasteiger partial charge in [-0.2, -0.15) is 0 Å². The molecule has 74 heavy (non-hydrogen) atoms.